The van der Waals surface area contributed by atoms with Gasteiger partial charge in [0.1, 0.15) is 0 Å². The quantitative estimate of drug-likeness (QED) is 0.624. The van der Waals surface area contributed by atoms with E-state index in [9.17, 15) is 8.42 Å². The van der Waals surface area contributed by atoms with E-state index < -0.39 is 16.1 Å². The van der Waals surface area contributed by atoms with E-state index in [0.717, 1.165) is 5.56 Å². The predicted molar refractivity (Wildman–Crippen MR) is 66.3 cm³/mol. The maximum absolute atomic E-state index is 11.8. The number of nitrogens with one attached hydrogen (secondary N) is 1. The van der Waals surface area contributed by atoms with Crippen molar-refractivity contribution in [2.45, 2.75) is 31.8 Å². The molecular formula is C11H16N2O3S. The third-order valence-electron chi connectivity index (χ3n) is 2.28. The third-order valence-corrected chi connectivity index (χ3v) is 3.50. The molecule has 0 aliphatic carbocycles. The maximum atomic E-state index is 11.8. The fraction of sp³-hybridized carbons (Fsp3) is 0.364. The number of hydrogen-bond donors (Lipinski definition) is 2. The molecule has 1 rings (SSSR count). The van der Waals surface area contributed by atoms with Crippen LogP contribution < -0.4 is 4.83 Å². The number of aliphatic hydroxyl groups excluding tert-OH is 1. The van der Waals surface area contributed by atoms with Crippen molar-refractivity contribution in [1.82, 2.24) is 4.83 Å². The molecule has 1 aromatic carbocycles. The number of aryl methyl sites for hydroxylation is 1. The van der Waals surface area contributed by atoms with Crippen molar-refractivity contribution in [3.63, 3.8) is 0 Å². The Morgan fingerprint density at radius 2 is 1.88 bits per heavy atom. The lowest BCUT2D eigenvalue weighted by Gasteiger charge is -2.06. The third kappa shape index (κ3) is 3.83. The number of nitrogens with zero attached hydrogens (tertiary/aromatic N) is 1. The molecule has 1 unspecified atom stereocenters. The summed E-state index contributed by atoms with van der Waals surface area (Å²) in [5, 5.41) is 12.8. The Balaban J connectivity index is 2.90. The average molecular weight is 256 g/mol. The van der Waals surface area contributed by atoms with Gasteiger partial charge in [0, 0.05) is 0 Å². The first-order valence-electron chi connectivity index (χ1n) is 5.13. The molecule has 6 heteroatoms. The van der Waals surface area contributed by atoms with E-state index in [2.05, 4.69) is 9.93 Å². The predicted octanol–water partition coefficient (Wildman–Crippen LogP) is 1.03. The first kappa shape index (κ1) is 13.7. The van der Waals surface area contributed by atoms with Crippen molar-refractivity contribution in [1.29, 1.82) is 0 Å². The van der Waals surface area contributed by atoms with Crippen LogP contribution in [0.2, 0.25) is 0 Å². The smallest absolute Gasteiger partial charge is 0.276 e. The molecule has 0 bridgehead atoms. The Morgan fingerprint density at radius 3 is 2.35 bits per heavy atom. The van der Waals surface area contributed by atoms with Gasteiger partial charge in [-0.3, -0.25) is 0 Å². The Kier molecular flexibility index (Phi) is 4.25. The lowest BCUT2D eigenvalue weighted by molar-refractivity contribution is 0.261. The lowest BCUT2D eigenvalue weighted by atomic mass is 10.2. The van der Waals surface area contributed by atoms with Crippen molar-refractivity contribution in [3.8, 4) is 0 Å². The summed E-state index contributed by atoms with van der Waals surface area (Å²) < 4.78 is 23.5. The molecule has 17 heavy (non-hydrogen) atoms. The van der Waals surface area contributed by atoms with E-state index >= 15 is 0 Å². The van der Waals surface area contributed by atoms with Crippen LogP contribution in [0.4, 0.5) is 0 Å². The second-order valence-electron chi connectivity index (χ2n) is 3.84. The van der Waals surface area contributed by atoms with E-state index in [1.807, 2.05) is 6.92 Å². The van der Waals surface area contributed by atoms with Crippen LogP contribution in [0.3, 0.4) is 0 Å². The van der Waals surface area contributed by atoms with Gasteiger partial charge in [0.05, 0.1) is 16.7 Å². The maximum Gasteiger partial charge on any atom is 0.276 e. The molecule has 0 fully saturated rings. The Bertz CT molecular complexity index is 504. The van der Waals surface area contributed by atoms with E-state index in [0.29, 0.717) is 5.71 Å². The standard InChI is InChI=1S/C11H16N2O3S/c1-8-4-6-11(7-5-8)17(15,16)13-12-9(2)10(3)14/h4-7,10,13-14H,1-3H3. The highest BCUT2D eigenvalue weighted by atomic mass is 32.2. The second kappa shape index (κ2) is 5.29. The number of rotatable bonds is 4. The molecule has 0 heterocycles. The van der Waals surface area contributed by atoms with Crippen LogP contribution in [0.25, 0.3) is 0 Å². The van der Waals surface area contributed by atoms with Crippen LogP contribution in [0.5, 0.6) is 0 Å². The Hall–Kier alpha value is -1.40. The molecule has 0 aromatic heterocycles. The lowest BCUT2D eigenvalue weighted by Crippen LogP contribution is -2.23. The van der Waals surface area contributed by atoms with E-state index in [-0.39, 0.29) is 4.90 Å². The van der Waals surface area contributed by atoms with Gasteiger partial charge >= 0.3 is 0 Å². The highest BCUT2D eigenvalue weighted by Gasteiger charge is 2.12. The van der Waals surface area contributed by atoms with E-state index in [4.69, 9.17) is 5.11 Å². The first-order chi connectivity index (χ1) is 7.83. The summed E-state index contributed by atoms with van der Waals surface area (Å²) in [5.74, 6) is 0. The van der Waals surface area contributed by atoms with Gasteiger partial charge in [-0.1, -0.05) is 17.7 Å². The minimum absolute atomic E-state index is 0.144. The number of hydrogen-bond acceptors (Lipinski definition) is 4. The fourth-order valence-electron chi connectivity index (χ4n) is 0.996. The van der Waals surface area contributed by atoms with Crippen LogP contribution in [0, 0.1) is 6.92 Å². The van der Waals surface area contributed by atoms with Gasteiger partial charge in [-0.2, -0.15) is 13.5 Å². The van der Waals surface area contributed by atoms with Crippen molar-refractivity contribution in [2.24, 2.45) is 5.10 Å². The van der Waals surface area contributed by atoms with Crippen molar-refractivity contribution in [2.75, 3.05) is 0 Å². The van der Waals surface area contributed by atoms with Crippen molar-refractivity contribution >= 4 is 15.7 Å². The molecular weight excluding hydrogens is 240 g/mol. The molecule has 0 saturated carbocycles. The zero-order valence-electron chi connectivity index (χ0n) is 10.0. The van der Waals surface area contributed by atoms with Crippen LogP contribution in [-0.2, 0) is 10.0 Å². The van der Waals surface area contributed by atoms with Crippen LogP contribution in [-0.4, -0.2) is 25.3 Å². The van der Waals surface area contributed by atoms with E-state index in [1.54, 1.807) is 19.1 Å². The summed E-state index contributed by atoms with van der Waals surface area (Å²) in [6, 6.07) is 6.43. The van der Waals surface area contributed by atoms with Gasteiger partial charge in [-0.25, -0.2) is 4.83 Å². The summed E-state index contributed by atoms with van der Waals surface area (Å²) in [6.07, 6.45) is -0.782. The zero-order chi connectivity index (χ0) is 13.1. The Labute approximate surface area is 101 Å². The van der Waals surface area contributed by atoms with Gasteiger partial charge in [0.25, 0.3) is 10.0 Å². The summed E-state index contributed by atoms with van der Waals surface area (Å²) >= 11 is 0. The molecule has 94 valence electrons. The minimum Gasteiger partial charge on any atom is -0.387 e. The topological polar surface area (TPSA) is 78.8 Å². The SMILES string of the molecule is CC(=NNS(=O)(=O)c1ccc(C)cc1)C(C)O. The largest absolute Gasteiger partial charge is 0.387 e. The van der Waals surface area contributed by atoms with Gasteiger partial charge in [0.15, 0.2) is 0 Å². The fourth-order valence-corrected chi connectivity index (χ4v) is 1.86. The molecule has 0 aliphatic heterocycles. The number of sulfonamides is 1. The molecule has 0 amide bonds. The summed E-state index contributed by atoms with van der Waals surface area (Å²) in [7, 11) is -3.65. The van der Waals surface area contributed by atoms with Crippen LogP contribution >= 0.6 is 0 Å². The molecule has 0 radical (unpaired) electrons. The van der Waals surface area contributed by atoms with Crippen LogP contribution in [0.1, 0.15) is 19.4 Å². The summed E-state index contributed by atoms with van der Waals surface area (Å²) in [6.45, 7) is 4.93. The zero-order valence-corrected chi connectivity index (χ0v) is 10.8. The number of benzene rings is 1. The molecule has 2 N–H and O–H groups in total. The Morgan fingerprint density at radius 1 is 1.35 bits per heavy atom. The minimum atomic E-state index is -3.65. The highest BCUT2D eigenvalue weighted by Crippen LogP contribution is 2.09. The van der Waals surface area contributed by atoms with Crippen molar-refractivity contribution in [3.05, 3.63) is 29.8 Å². The molecule has 1 aromatic rings. The normalized spacial score (nSPS) is 14.5. The van der Waals surface area contributed by atoms with Gasteiger partial charge in [0.2, 0.25) is 0 Å². The summed E-state index contributed by atoms with van der Waals surface area (Å²) in [5.41, 5.74) is 1.29. The van der Waals surface area contributed by atoms with Gasteiger partial charge in [-0.15, -0.1) is 0 Å². The van der Waals surface area contributed by atoms with Gasteiger partial charge in [-0.05, 0) is 32.9 Å². The van der Waals surface area contributed by atoms with Crippen LogP contribution in [0.15, 0.2) is 34.3 Å². The molecule has 5 nitrogen and oxygen atoms in total. The van der Waals surface area contributed by atoms with E-state index in [1.165, 1.54) is 19.1 Å². The number of hydrazone groups is 1. The molecule has 1 atom stereocenters. The van der Waals surface area contributed by atoms with Gasteiger partial charge < -0.3 is 5.11 Å². The first-order valence-corrected chi connectivity index (χ1v) is 6.62. The van der Waals surface area contributed by atoms with Crippen molar-refractivity contribution < 1.29 is 13.5 Å². The monoisotopic (exact) mass is 256 g/mol. The highest BCUT2D eigenvalue weighted by molar-refractivity contribution is 7.89. The molecule has 0 saturated heterocycles. The second-order valence-corrected chi connectivity index (χ2v) is 5.50. The average Bonchev–Trinajstić information content (AvgIpc) is 2.26. The number of aliphatic hydroxyl groups is 1. The molecule has 0 spiro atoms. The summed E-state index contributed by atoms with van der Waals surface area (Å²) in [4.78, 5) is 2.22. The molecule has 0 aliphatic rings.